The van der Waals surface area contributed by atoms with Gasteiger partial charge in [0.2, 0.25) is 0 Å². The largest absolute Gasteiger partial charge is 0.494 e. The van der Waals surface area contributed by atoms with E-state index in [1.165, 1.54) is 5.56 Å². The average Bonchev–Trinajstić information content (AvgIpc) is 2.64. The standard InChI is InChI=1S/C22H36N2O3/c1-21(2)18-24(11-9-22(21,3)25)17-19-5-7-20(8-6-19)27-14-4-10-23-12-15-26-16-13-23/h5-8,25H,4,9-18H2,1-3H3/t22-/m0/s1. The summed E-state index contributed by atoms with van der Waals surface area (Å²) in [5.41, 5.74) is 0.630. The SMILES string of the molecule is CC1(C)CN(Cc2ccc(OCCCN3CCOCC3)cc2)CC[C@]1(C)O. The summed E-state index contributed by atoms with van der Waals surface area (Å²) >= 11 is 0. The molecule has 2 fully saturated rings. The lowest BCUT2D eigenvalue weighted by Crippen LogP contribution is -2.55. The minimum atomic E-state index is -0.581. The van der Waals surface area contributed by atoms with Crippen molar-refractivity contribution in [1.82, 2.24) is 9.80 Å². The molecule has 2 saturated heterocycles. The molecule has 2 aliphatic rings. The van der Waals surface area contributed by atoms with E-state index in [0.29, 0.717) is 0 Å². The molecule has 152 valence electrons. The summed E-state index contributed by atoms with van der Waals surface area (Å²) in [7, 11) is 0. The van der Waals surface area contributed by atoms with E-state index >= 15 is 0 Å². The van der Waals surface area contributed by atoms with Crippen LogP contribution in [0.25, 0.3) is 0 Å². The molecule has 0 bridgehead atoms. The van der Waals surface area contributed by atoms with Crippen molar-refractivity contribution in [1.29, 1.82) is 0 Å². The van der Waals surface area contributed by atoms with Gasteiger partial charge in [-0.25, -0.2) is 0 Å². The van der Waals surface area contributed by atoms with E-state index in [0.717, 1.165) is 77.7 Å². The van der Waals surface area contributed by atoms with Crippen molar-refractivity contribution in [2.45, 2.75) is 45.8 Å². The summed E-state index contributed by atoms with van der Waals surface area (Å²) in [5, 5.41) is 10.6. The van der Waals surface area contributed by atoms with E-state index in [2.05, 4.69) is 47.9 Å². The maximum atomic E-state index is 10.6. The van der Waals surface area contributed by atoms with Gasteiger partial charge in [-0.2, -0.15) is 0 Å². The summed E-state index contributed by atoms with van der Waals surface area (Å²) < 4.78 is 11.3. The molecule has 0 amide bonds. The lowest BCUT2D eigenvalue weighted by Gasteiger charge is -2.48. The van der Waals surface area contributed by atoms with E-state index in [-0.39, 0.29) is 5.41 Å². The Morgan fingerprint density at radius 3 is 2.41 bits per heavy atom. The van der Waals surface area contributed by atoms with E-state index in [1.807, 2.05) is 6.92 Å². The normalized spacial score (nSPS) is 26.8. The minimum absolute atomic E-state index is 0.0885. The third-order valence-electron chi connectivity index (χ3n) is 6.31. The van der Waals surface area contributed by atoms with Crippen LogP contribution in [0.4, 0.5) is 0 Å². The van der Waals surface area contributed by atoms with Gasteiger partial charge >= 0.3 is 0 Å². The number of hydrogen-bond donors (Lipinski definition) is 1. The van der Waals surface area contributed by atoms with Gasteiger partial charge in [-0.15, -0.1) is 0 Å². The van der Waals surface area contributed by atoms with E-state index in [1.54, 1.807) is 0 Å². The molecule has 0 saturated carbocycles. The van der Waals surface area contributed by atoms with Gasteiger partial charge in [0.05, 0.1) is 25.4 Å². The third-order valence-corrected chi connectivity index (χ3v) is 6.31. The van der Waals surface area contributed by atoms with Crippen LogP contribution < -0.4 is 4.74 Å². The lowest BCUT2D eigenvalue weighted by molar-refractivity contribution is -0.107. The molecule has 2 heterocycles. The molecular formula is C22H36N2O3. The summed E-state index contributed by atoms with van der Waals surface area (Å²) in [6.45, 7) is 14.7. The Morgan fingerprint density at radius 1 is 1.04 bits per heavy atom. The molecule has 2 aliphatic heterocycles. The topological polar surface area (TPSA) is 45.2 Å². The fourth-order valence-electron chi connectivity index (χ4n) is 3.91. The fraction of sp³-hybridized carbons (Fsp3) is 0.727. The highest BCUT2D eigenvalue weighted by atomic mass is 16.5. The zero-order valence-electron chi connectivity index (χ0n) is 17.2. The van der Waals surface area contributed by atoms with Crippen LogP contribution in [0.5, 0.6) is 5.75 Å². The molecular weight excluding hydrogens is 340 g/mol. The quantitative estimate of drug-likeness (QED) is 0.742. The summed E-state index contributed by atoms with van der Waals surface area (Å²) in [6.07, 6.45) is 1.87. The monoisotopic (exact) mass is 376 g/mol. The highest BCUT2D eigenvalue weighted by Crippen LogP contribution is 2.38. The molecule has 1 aromatic rings. The third kappa shape index (κ3) is 5.67. The summed E-state index contributed by atoms with van der Waals surface area (Å²) in [6, 6.07) is 8.48. The Hall–Kier alpha value is -1.14. The molecule has 27 heavy (non-hydrogen) atoms. The first-order chi connectivity index (χ1) is 12.9. The molecule has 1 aromatic carbocycles. The fourth-order valence-corrected chi connectivity index (χ4v) is 3.91. The van der Waals surface area contributed by atoms with Crippen LogP contribution in [0.2, 0.25) is 0 Å². The number of nitrogens with zero attached hydrogens (tertiary/aromatic N) is 2. The first-order valence-electron chi connectivity index (χ1n) is 10.3. The minimum Gasteiger partial charge on any atom is -0.494 e. The second-order valence-corrected chi connectivity index (χ2v) is 8.92. The van der Waals surface area contributed by atoms with Crippen molar-refractivity contribution in [3.63, 3.8) is 0 Å². The second kappa shape index (κ2) is 8.91. The Bertz CT molecular complexity index is 580. The smallest absolute Gasteiger partial charge is 0.119 e. The van der Waals surface area contributed by atoms with Crippen molar-refractivity contribution < 1.29 is 14.6 Å². The van der Waals surface area contributed by atoms with Crippen molar-refractivity contribution in [3.8, 4) is 5.75 Å². The maximum Gasteiger partial charge on any atom is 0.119 e. The first kappa shape index (κ1) is 20.6. The predicted molar refractivity (Wildman–Crippen MR) is 108 cm³/mol. The van der Waals surface area contributed by atoms with Crippen molar-refractivity contribution >= 4 is 0 Å². The molecule has 0 aliphatic carbocycles. The Balaban J connectivity index is 1.40. The second-order valence-electron chi connectivity index (χ2n) is 8.92. The number of morpholine rings is 1. The van der Waals surface area contributed by atoms with Gasteiger partial charge in [-0.1, -0.05) is 26.0 Å². The predicted octanol–water partition coefficient (Wildman–Crippen LogP) is 2.77. The lowest BCUT2D eigenvalue weighted by atomic mass is 9.71. The van der Waals surface area contributed by atoms with Crippen LogP contribution in [-0.2, 0) is 11.3 Å². The summed E-state index contributed by atoms with van der Waals surface area (Å²) in [4.78, 5) is 4.88. The molecule has 1 atom stereocenters. The van der Waals surface area contributed by atoms with Gasteiger partial charge in [0.15, 0.2) is 0 Å². The van der Waals surface area contributed by atoms with Crippen LogP contribution in [0.15, 0.2) is 24.3 Å². The number of piperidine rings is 1. The van der Waals surface area contributed by atoms with Crippen LogP contribution in [-0.4, -0.2) is 73.1 Å². The van der Waals surface area contributed by atoms with Gasteiger partial charge in [0.1, 0.15) is 5.75 Å². The van der Waals surface area contributed by atoms with Gasteiger partial charge in [0, 0.05) is 44.7 Å². The summed E-state index contributed by atoms with van der Waals surface area (Å²) in [5.74, 6) is 0.947. The van der Waals surface area contributed by atoms with Gasteiger partial charge in [-0.3, -0.25) is 9.80 Å². The van der Waals surface area contributed by atoms with Crippen molar-refractivity contribution in [2.24, 2.45) is 5.41 Å². The Labute approximate surface area is 164 Å². The number of benzene rings is 1. The van der Waals surface area contributed by atoms with Gasteiger partial charge in [0.25, 0.3) is 0 Å². The van der Waals surface area contributed by atoms with Gasteiger partial charge in [-0.05, 0) is 37.5 Å². The van der Waals surface area contributed by atoms with E-state index in [4.69, 9.17) is 9.47 Å². The molecule has 3 rings (SSSR count). The van der Waals surface area contributed by atoms with Crippen LogP contribution in [0.3, 0.4) is 0 Å². The molecule has 0 radical (unpaired) electrons. The highest BCUT2D eigenvalue weighted by Gasteiger charge is 2.43. The number of hydrogen-bond acceptors (Lipinski definition) is 5. The molecule has 0 unspecified atom stereocenters. The van der Waals surface area contributed by atoms with Crippen LogP contribution in [0.1, 0.15) is 39.2 Å². The number of rotatable bonds is 7. The Kier molecular flexibility index (Phi) is 6.79. The zero-order valence-corrected chi connectivity index (χ0v) is 17.2. The number of aliphatic hydroxyl groups is 1. The van der Waals surface area contributed by atoms with Crippen LogP contribution in [0, 0.1) is 5.41 Å². The Morgan fingerprint density at radius 2 is 1.74 bits per heavy atom. The van der Waals surface area contributed by atoms with Crippen LogP contribution >= 0.6 is 0 Å². The average molecular weight is 377 g/mol. The molecule has 5 heteroatoms. The first-order valence-corrected chi connectivity index (χ1v) is 10.3. The van der Waals surface area contributed by atoms with Crippen molar-refractivity contribution in [3.05, 3.63) is 29.8 Å². The number of ether oxygens (including phenoxy) is 2. The van der Waals surface area contributed by atoms with E-state index < -0.39 is 5.60 Å². The molecule has 1 N–H and O–H groups in total. The van der Waals surface area contributed by atoms with Crippen molar-refractivity contribution in [2.75, 3.05) is 52.5 Å². The van der Waals surface area contributed by atoms with Gasteiger partial charge < -0.3 is 14.6 Å². The highest BCUT2D eigenvalue weighted by molar-refractivity contribution is 5.27. The molecule has 0 spiro atoms. The van der Waals surface area contributed by atoms with E-state index in [9.17, 15) is 5.11 Å². The maximum absolute atomic E-state index is 10.6. The zero-order chi connectivity index (χ0) is 19.3. The molecule has 0 aromatic heterocycles. The molecule has 5 nitrogen and oxygen atoms in total. The number of likely N-dealkylation sites (tertiary alicyclic amines) is 1.